The van der Waals surface area contributed by atoms with Crippen molar-refractivity contribution in [3.05, 3.63) is 60.2 Å². The third-order valence-corrected chi connectivity index (χ3v) is 4.71. The topological polar surface area (TPSA) is 106 Å². The second-order valence-electron chi connectivity index (χ2n) is 6.97. The summed E-state index contributed by atoms with van der Waals surface area (Å²) in [5.74, 6) is -0.0339. The van der Waals surface area contributed by atoms with E-state index in [-0.39, 0.29) is 12.0 Å². The Hall–Kier alpha value is -3.35. The van der Waals surface area contributed by atoms with Gasteiger partial charge in [-0.05, 0) is 29.5 Å². The van der Waals surface area contributed by atoms with Crippen LogP contribution in [-0.2, 0) is 9.63 Å². The Morgan fingerprint density at radius 2 is 1.66 bits per heavy atom. The molecule has 0 saturated carbocycles. The monoisotopic (exact) mass is 394 g/mol. The van der Waals surface area contributed by atoms with Gasteiger partial charge in [0.15, 0.2) is 0 Å². The zero-order valence-corrected chi connectivity index (χ0v) is 16.3. The average Bonchev–Trinajstić information content (AvgIpc) is 3.22. The summed E-state index contributed by atoms with van der Waals surface area (Å²) in [5, 5.41) is 9.56. The number of oxime groups is 1. The standard InChI is InChI=1S/C22H26N4O3/c23-22(28)24-13-5-4-8-21(27)25-15-19-14-20(26-29-19)18-11-9-17(10-12-18)16-6-2-1-3-7-16/h1-3,6-7,9-12,19H,4-5,8,13-15H2,(H,25,27)(H3,23,24,28). The van der Waals surface area contributed by atoms with Crippen molar-refractivity contribution in [2.24, 2.45) is 10.9 Å². The van der Waals surface area contributed by atoms with Crippen molar-refractivity contribution in [1.82, 2.24) is 10.6 Å². The van der Waals surface area contributed by atoms with Crippen molar-refractivity contribution < 1.29 is 14.4 Å². The van der Waals surface area contributed by atoms with Gasteiger partial charge < -0.3 is 21.2 Å². The van der Waals surface area contributed by atoms with Gasteiger partial charge in [0.05, 0.1) is 12.3 Å². The SMILES string of the molecule is NC(=O)NCCCCC(=O)NCC1CC(c2ccc(-c3ccccc3)cc2)=NO1. The number of carbonyl (C=O) groups is 2. The van der Waals surface area contributed by atoms with Gasteiger partial charge in [-0.1, -0.05) is 59.8 Å². The second kappa shape index (κ2) is 10.3. The molecule has 29 heavy (non-hydrogen) atoms. The maximum absolute atomic E-state index is 11.9. The molecule has 2 aromatic carbocycles. The summed E-state index contributed by atoms with van der Waals surface area (Å²) in [6, 6.07) is 17.9. The van der Waals surface area contributed by atoms with Crippen molar-refractivity contribution in [3.63, 3.8) is 0 Å². The van der Waals surface area contributed by atoms with Crippen LogP contribution in [0.3, 0.4) is 0 Å². The van der Waals surface area contributed by atoms with Crippen LogP contribution in [0.4, 0.5) is 4.79 Å². The molecule has 1 atom stereocenters. The lowest BCUT2D eigenvalue weighted by Crippen LogP contribution is -2.32. The summed E-state index contributed by atoms with van der Waals surface area (Å²) in [4.78, 5) is 27.9. The average molecular weight is 394 g/mol. The summed E-state index contributed by atoms with van der Waals surface area (Å²) in [6.45, 7) is 0.905. The molecular weight excluding hydrogens is 368 g/mol. The fourth-order valence-corrected chi connectivity index (χ4v) is 3.13. The quantitative estimate of drug-likeness (QED) is 0.569. The number of carbonyl (C=O) groups excluding carboxylic acids is 2. The van der Waals surface area contributed by atoms with Gasteiger partial charge in [0.25, 0.3) is 0 Å². The van der Waals surface area contributed by atoms with Gasteiger partial charge >= 0.3 is 6.03 Å². The van der Waals surface area contributed by atoms with Crippen LogP contribution >= 0.6 is 0 Å². The van der Waals surface area contributed by atoms with Gasteiger partial charge in [-0.2, -0.15) is 0 Å². The molecule has 0 aromatic heterocycles. The molecule has 0 radical (unpaired) electrons. The number of hydrogen-bond acceptors (Lipinski definition) is 4. The molecular formula is C22H26N4O3. The van der Waals surface area contributed by atoms with Gasteiger partial charge in [-0.25, -0.2) is 4.79 Å². The highest BCUT2D eigenvalue weighted by atomic mass is 16.6. The molecule has 0 aliphatic carbocycles. The molecule has 3 rings (SSSR count). The summed E-state index contributed by atoms with van der Waals surface area (Å²) < 4.78 is 0. The van der Waals surface area contributed by atoms with Crippen LogP contribution < -0.4 is 16.4 Å². The van der Waals surface area contributed by atoms with E-state index in [0.717, 1.165) is 16.8 Å². The van der Waals surface area contributed by atoms with E-state index in [0.29, 0.717) is 38.8 Å². The number of unbranched alkanes of at least 4 members (excludes halogenated alkanes) is 1. The first-order valence-electron chi connectivity index (χ1n) is 9.80. The third-order valence-electron chi connectivity index (χ3n) is 4.71. The Balaban J connectivity index is 1.39. The second-order valence-corrected chi connectivity index (χ2v) is 6.97. The van der Waals surface area contributed by atoms with E-state index >= 15 is 0 Å². The van der Waals surface area contributed by atoms with Gasteiger partial charge in [0.1, 0.15) is 6.10 Å². The molecule has 2 aromatic rings. The van der Waals surface area contributed by atoms with E-state index in [1.54, 1.807) is 0 Å². The molecule has 0 spiro atoms. The number of rotatable bonds is 9. The summed E-state index contributed by atoms with van der Waals surface area (Å²) in [6.07, 6.45) is 2.31. The Morgan fingerprint density at radius 3 is 2.38 bits per heavy atom. The van der Waals surface area contributed by atoms with Crippen molar-refractivity contribution >= 4 is 17.6 Å². The van der Waals surface area contributed by atoms with E-state index in [1.807, 2.05) is 30.3 Å². The van der Waals surface area contributed by atoms with Crippen LogP contribution in [-0.4, -0.2) is 36.8 Å². The molecule has 7 nitrogen and oxygen atoms in total. The zero-order chi connectivity index (χ0) is 20.5. The minimum atomic E-state index is -0.543. The lowest BCUT2D eigenvalue weighted by atomic mass is 10.00. The number of amides is 3. The first-order valence-corrected chi connectivity index (χ1v) is 9.80. The van der Waals surface area contributed by atoms with Crippen LogP contribution in [0, 0.1) is 0 Å². The van der Waals surface area contributed by atoms with Gasteiger partial charge in [-0.3, -0.25) is 4.79 Å². The molecule has 1 unspecified atom stereocenters. The van der Waals surface area contributed by atoms with E-state index < -0.39 is 6.03 Å². The Bertz CT molecular complexity index is 850. The van der Waals surface area contributed by atoms with Crippen LogP contribution in [0.2, 0.25) is 0 Å². The minimum Gasteiger partial charge on any atom is -0.390 e. The van der Waals surface area contributed by atoms with Gasteiger partial charge in [0.2, 0.25) is 5.91 Å². The lowest BCUT2D eigenvalue weighted by molar-refractivity contribution is -0.121. The molecule has 0 bridgehead atoms. The van der Waals surface area contributed by atoms with Crippen LogP contribution in [0.5, 0.6) is 0 Å². The molecule has 0 fully saturated rings. The van der Waals surface area contributed by atoms with Crippen molar-refractivity contribution in [2.75, 3.05) is 13.1 Å². The van der Waals surface area contributed by atoms with E-state index in [4.69, 9.17) is 10.6 Å². The summed E-state index contributed by atoms with van der Waals surface area (Å²) in [7, 11) is 0. The smallest absolute Gasteiger partial charge is 0.312 e. The first-order chi connectivity index (χ1) is 14.1. The highest BCUT2D eigenvalue weighted by Crippen LogP contribution is 2.22. The number of nitrogens with two attached hydrogens (primary N) is 1. The number of primary amides is 1. The van der Waals surface area contributed by atoms with Crippen molar-refractivity contribution in [2.45, 2.75) is 31.8 Å². The van der Waals surface area contributed by atoms with Crippen LogP contribution in [0.1, 0.15) is 31.2 Å². The van der Waals surface area contributed by atoms with E-state index in [9.17, 15) is 9.59 Å². The molecule has 0 saturated heterocycles. The number of benzene rings is 2. The Morgan fingerprint density at radius 1 is 0.966 bits per heavy atom. The van der Waals surface area contributed by atoms with Crippen LogP contribution in [0.25, 0.3) is 11.1 Å². The van der Waals surface area contributed by atoms with Gasteiger partial charge in [0, 0.05) is 19.4 Å². The predicted octanol–water partition coefficient (Wildman–Crippen LogP) is 2.80. The molecule has 1 aliphatic heterocycles. The first kappa shape index (κ1) is 20.4. The zero-order valence-electron chi connectivity index (χ0n) is 16.3. The summed E-state index contributed by atoms with van der Waals surface area (Å²) in [5.41, 5.74) is 9.24. The highest BCUT2D eigenvalue weighted by molar-refractivity contribution is 6.01. The molecule has 3 amide bonds. The van der Waals surface area contributed by atoms with E-state index in [1.165, 1.54) is 5.56 Å². The molecule has 152 valence electrons. The van der Waals surface area contributed by atoms with E-state index in [2.05, 4.69) is 40.1 Å². The predicted molar refractivity (Wildman–Crippen MR) is 112 cm³/mol. The molecule has 4 N–H and O–H groups in total. The normalized spacial score (nSPS) is 15.3. The van der Waals surface area contributed by atoms with Gasteiger partial charge in [-0.15, -0.1) is 0 Å². The number of nitrogens with one attached hydrogen (secondary N) is 2. The fraction of sp³-hybridized carbons (Fsp3) is 0.318. The molecule has 1 aliphatic rings. The summed E-state index contributed by atoms with van der Waals surface area (Å²) >= 11 is 0. The molecule has 1 heterocycles. The fourth-order valence-electron chi connectivity index (χ4n) is 3.13. The Kier molecular flexibility index (Phi) is 7.22. The maximum Gasteiger partial charge on any atom is 0.312 e. The third kappa shape index (κ3) is 6.34. The minimum absolute atomic E-state index is 0.0339. The number of hydrogen-bond donors (Lipinski definition) is 3. The maximum atomic E-state index is 11.9. The van der Waals surface area contributed by atoms with Crippen molar-refractivity contribution in [1.29, 1.82) is 0 Å². The molecule has 7 heteroatoms. The number of nitrogens with zero attached hydrogens (tertiary/aromatic N) is 1. The van der Waals surface area contributed by atoms with Crippen LogP contribution in [0.15, 0.2) is 59.8 Å². The largest absolute Gasteiger partial charge is 0.390 e. The highest BCUT2D eigenvalue weighted by Gasteiger charge is 2.22. The number of urea groups is 1. The lowest BCUT2D eigenvalue weighted by Gasteiger charge is -2.10. The Labute approximate surface area is 170 Å². The van der Waals surface area contributed by atoms with Crippen molar-refractivity contribution in [3.8, 4) is 11.1 Å².